The number of ether oxygens (including phenoxy) is 1. The average molecular weight is 487 g/mol. The number of rotatable bonds is 9. The summed E-state index contributed by atoms with van der Waals surface area (Å²) in [4.78, 5) is 0.00606. The molecule has 0 saturated carbocycles. The zero-order valence-corrected chi connectivity index (χ0v) is 19.2. The molecule has 8 nitrogen and oxygen atoms in total. The second-order valence-electron chi connectivity index (χ2n) is 7.69. The fraction of sp³-hybridized carbons (Fsp3) is 0.429. The van der Waals surface area contributed by atoms with Crippen molar-refractivity contribution < 1.29 is 31.1 Å². The van der Waals surface area contributed by atoms with Gasteiger partial charge in [0, 0.05) is 6.54 Å². The zero-order chi connectivity index (χ0) is 23.4. The van der Waals surface area contributed by atoms with E-state index in [9.17, 15) is 26.3 Å². The maximum atomic E-state index is 13.3. The molecule has 0 amide bonds. The van der Waals surface area contributed by atoms with Crippen LogP contribution in [0, 0.1) is 12.7 Å². The van der Waals surface area contributed by atoms with Gasteiger partial charge in [0.2, 0.25) is 20.0 Å². The number of hydrogen-bond acceptors (Lipinski definition) is 6. The van der Waals surface area contributed by atoms with E-state index in [0.717, 1.165) is 12.1 Å². The third-order valence-electron chi connectivity index (χ3n) is 5.35. The molecule has 1 aliphatic rings. The summed E-state index contributed by atoms with van der Waals surface area (Å²) in [5.74, 6) is -0.645. The number of halogens is 1. The van der Waals surface area contributed by atoms with E-state index in [1.165, 1.54) is 18.2 Å². The van der Waals surface area contributed by atoms with Crippen LogP contribution >= 0.6 is 0 Å². The smallest absolute Gasteiger partial charge is 0.241 e. The van der Waals surface area contributed by atoms with E-state index in [2.05, 4.69) is 9.44 Å². The van der Waals surface area contributed by atoms with Crippen LogP contribution in [0.3, 0.4) is 0 Å². The van der Waals surface area contributed by atoms with Gasteiger partial charge in [-0.2, -0.15) is 0 Å². The van der Waals surface area contributed by atoms with Crippen LogP contribution < -0.4 is 9.44 Å². The maximum Gasteiger partial charge on any atom is 0.241 e. The zero-order valence-electron chi connectivity index (χ0n) is 17.6. The molecule has 1 saturated heterocycles. The average Bonchev–Trinajstić information content (AvgIpc) is 2.74. The summed E-state index contributed by atoms with van der Waals surface area (Å²) in [7, 11) is -7.64. The molecule has 0 aliphatic carbocycles. The molecule has 3 atom stereocenters. The van der Waals surface area contributed by atoms with Crippen molar-refractivity contribution in [1.82, 2.24) is 9.44 Å². The van der Waals surface area contributed by atoms with E-state index in [1.807, 2.05) is 0 Å². The lowest BCUT2D eigenvalue weighted by atomic mass is 9.98. The highest BCUT2D eigenvalue weighted by molar-refractivity contribution is 7.89. The summed E-state index contributed by atoms with van der Waals surface area (Å²) in [6.45, 7) is 1.38. The molecular weight excluding hydrogens is 459 g/mol. The van der Waals surface area contributed by atoms with Gasteiger partial charge in [-0.05, 0) is 56.0 Å². The monoisotopic (exact) mass is 486 g/mol. The number of nitrogens with one attached hydrogen (secondary N) is 2. The molecule has 176 valence electrons. The molecule has 0 unspecified atom stereocenters. The number of aliphatic hydroxyl groups is 1. The lowest BCUT2D eigenvalue weighted by Gasteiger charge is -2.36. The predicted molar refractivity (Wildman–Crippen MR) is 116 cm³/mol. The third-order valence-corrected chi connectivity index (χ3v) is 8.46. The van der Waals surface area contributed by atoms with Crippen molar-refractivity contribution in [3.05, 3.63) is 59.9 Å². The quantitative estimate of drug-likeness (QED) is 0.496. The molecule has 1 fully saturated rings. The first kappa shape index (κ1) is 24.7. The fourth-order valence-electron chi connectivity index (χ4n) is 3.67. The Hall–Kier alpha value is -1.89. The van der Waals surface area contributed by atoms with Crippen molar-refractivity contribution in [3.63, 3.8) is 0 Å². The molecule has 32 heavy (non-hydrogen) atoms. The van der Waals surface area contributed by atoms with Crippen LogP contribution in [0.4, 0.5) is 4.39 Å². The van der Waals surface area contributed by atoms with Crippen molar-refractivity contribution in [3.8, 4) is 0 Å². The van der Waals surface area contributed by atoms with Crippen molar-refractivity contribution in [2.75, 3.05) is 13.2 Å². The summed E-state index contributed by atoms with van der Waals surface area (Å²) in [5, 5.41) is 9.72. The Kier molecular flexibility index (Phi) is 8.01. The van der Waals surface area contributed by atoms with Crippen LogP contribution in [-0.4, -0.2) is 53.3 Å². The van der Waals surface area contributed by atoms with Gasteiger partial charge in [0.05, 0.1) is 34.6 Å². The van der Waals surface area contributed by atoms with E-state index in [4.69, 9.17) is 4.74 Å². The number of aliphatic hydroxyl groups excluding tert-OH is 1. The maximum absolute atomic E-state index is 13.3. The third kappa shape index (κ3) is 6.12. The first-order valence-electron chi connectivity index (χ1n) is 10.2. The van der Waals surface area contributed by atoms with Gasteiger partial charge in [0.25, 0.3) is 0 Å². The first-order valence-corrected chi connectivity index (χ1v) is 13.2. The number of hydrogen-bond donors (Lipinski definition) is 3. The molecule has 1 heterocycles. The molecule has 0 radical (unpaired) electrons. The number of benzene rings is 2. The summed E-state index contributed by atoms with van der Waals surface area (Å²) in [6, 6.07) is 10.7. The molecule has 0 aromatic heterocycles. The second-order valence-corrected chi connectivity index (χ2v) is 11.1. The Balaban J connectivity index is 1.56. The Morgan fingerprint density at radius 1 is 1.06 bits per heavy atom. The highest BCUT2D eigenvalue weighted by atomic mass is 32.2. The van der Waals surface area contributed by atoms with Crippen molar-refractivity contribution in [2.24, 2.45) is 0 Å². The number of aryl methyl sites for hydroxylation is 1. The van der Waals surface area contributed by atoms with E-state index in [-0.39, 0.29) is 29.0 Å². The SMILES string of the molecule is Cc1ccccc1S(=O)(=O)N[C@H]1CC[C@@H](CCNS(=O)(=O)c2cccc(F)c2)O[C@@H]1CO. The molecule has 1 aliphatic heterocycles. The minimum Gasteiger partial charge on any atom is -0.394 e. The standard InChI is InChI=1S/C21H27FN2O6S2/c1-15-5-2-3-8-21(15)32(28,29)24-19-10-9-17(30-20(19)14-25)11-12-23-31(26,27)18-7-4-6-16(22)13-18/h2-8,13,17,19-20,23-25H,9-12,14H2,1H3/t17-,19-,20+/m0/s1. The molecule has 11 heteroatoms. The molecule has 3 N–H and O–H groups in total. The van der Waals surface area contributed by atoms with Crippen LogP contribution in [-0.2, 0) is 24.8 Å². The largest absolute Gasteiger partial charge is 0.394 e. The topological polar surface area (TPSA) is 122 Å². The minimum absolute atomic E-state index is 0.0568. The van der Waals surface area contributed by atoms with Crippen molar-refractivity contribution >= 4 is 20.0 Å². The van der Waals surface area contributed by atoms with Crippen molar-refractivity contribution in [1.29, 1.82) is 0 Å². The van der Waals surface area contributed by atoms with E-state index >= 15 is 0 Å². The van der Waals surface area contributed by atoms with E-state index in [1.54, 1.807) is 25.1 Å². The highest BCUT2D eigenvalue weighted by Gasteiger charge is 2.34. The van der Waals surface area contributed by atoms with Gasteiger partial charge < -0.3 is 9.84 Å². The van der Waals surface area contributed by atoms with Gasteiger partial charge in [-0.3, -0.25) is 0 Å². The summed E-state index contributed by atoms with van der Waals surface area (Å²) in [6.07, 6.45) is 0.119. The van der Waals surface area contributed by atoms with Crippen LogP contribution in [0.1, 0.15) is 24.8 Å². The molecule has 0 bridgehead atoms. The lowest BCUT2D eigenvalue weighted by molar-refractivity contribution is -0.0869. The van der Waals surface area contributed by atoms with Gasteiger partial charge >= 0.3 is 0 Å². The Morgan fingerprint density at radius 3 is 2.50 bits per heavy atom. The molecule has 3 rings (SSSR count). The Labute approximate surface area is 187 Å². The van der Waals surface area contributed by atoms with Gasteiger partial charge in [-0.15, -0.1) is 0 Å². The van der Waals surface area contributed by atoms with Crippen LogP contribution in [0.15, 0.2) is 58.3 Å². The van der Waals surface area contributed by atoms with Crippen LogP contribution in [0.25, 0.3) is 0 Å². The van der Waals surface area contributed by atoms with E-state index < -0.39 is 38.0 Å². The normalized spacial score (nSPS) is 22.0. The predicted octanol–water partition coefficient (Wildman–Crippen LogP) is 1.69. The fourth-order valence-corrected chi connectivity index (χ4v) is 6.29. The molecule has 0 spiro atoms. The van der Waals surface area contributed by atoms with Gasteiger partial charge in [0.15, 0.2) is 0 Å². The summed E-state index contributed by atoms with van der Waals surface area (Å²) >= 11 is 0. The highest BCUT2D eigenvalue weighted by Crippen LogP contribution is 2.24. The first-order chi connectivity index (χ1) is 15.1. The van der Waals surface area contributed by atoms with Gasteiger partial charge in [-0.25, -0.2) is 30.7 Å². The summed E-state index contributed by atoms with van der Waals surface area (Å²) in [5.41, 5.74) is 0.612. The second kappa shape index (κ2) is 10.4. The summed E-state index contributed by atoms with van der Waals surface area (Å²) < 4.78 is 74.2. The van der Waals surface area contributed by atoms with Crippen LogP contribution in [0.2, 0.25) is 0 Å². The molecule has 2 aromatic rings. The Bertz CT molecular complexity index is 1140. The molecule has 2 aromatic carbocycles. The minimum atomic E-state index is -3.86. The lowest BCUT2D eigenvalue weighted by Crippen LogP contribution is -2.51. The molecular formula is C21H27FN2O6S2. The van der Waals surface area contributed by atoms with Gasteiger partial charge in [-0.1, -0.05) is 24.3 Å². The number of sulfonamides is 2. The Morgan fingerprint density at radius 2 is 1.81 bits per heavy atom. The van der Waals surface area contributed by atoms with Crippen LogP contribution in [0.5, 0.6) is 0 Å². The van der Waals surface area contributed by atoms with E-state index in [0.29, 0.717) is 24.8 Å². The van der Waals surface area contributed by atoms with Crippen molar-refractivity contribution in [2.45, 2.75) is 54.2 Å². The van der Waals surface area contributed by atoms with Gasteiger partial charge in [0.1, 0.15) is 5.82 Å².